The minimum Gasteiger partial charge on any atom is -0.496 e. The number of rotatable bonds is 2. The molecular formula is C9H10BrClO. The van der Waals surface area contributed by atoms with E-state index in [9.17, 15) is 0 Å². The van der Waals surface area contributed by atoms with Crippen LogP contribution in [0.25, 0.3) is 0 Å². The molecule has 0 bridgehead atoms. The molecule has 0 unspecified atom stereocenters. The fraction of sp³-hybridized carbons (Fsp3) is 0.333. The summed E-state index contributed by atoms with van der Waals surface area (Å²) in [6.07, 6.45) is 0. The van der Waals surface area contributed by atoms with Crippen molar-refractivity contribution < 1.29 is 4.74 Å². The van der Waals surface area contributed by atoms with Gasteiger partial charge >= 0.3 is 0 Å². The number of alkyl halides is 1. The largest absolute Gasteiger partial charge is 0.496 e. The summed E-state index contributed by atoms with van der Waals surface area (Å²) in [6.45, 7) is 1.98. The Labute approximate surface area is 85.8 Å². The van der Waals surface area contributed by atoms with Gasteiger partial charge in [-0.2, -0.15) is 0 Å². The Morgan fingerprint density at radius 2 is 2.17 bits per heavy atom. The Bertz CT molecular complexity index is 257. The van der Waals surface area contributed by atoms with E-state index in [2.05, 4.69) is 15.9 Å². The lowest BCUT2D eigenvalue weighted by atomic mass is 10.1. The number of aryl methyl sites for hydroxylation is 1. The van der Waals surface area contributed by atoms with E-state index in [1.54, 1.807) is 7.11 Å². The molecule has 0 heterocycles. The third-order valence-electron chi connectivity index (χ3n) is 1.71. The zero-order valence-corrected chi connectivity index (χ0v) is 9.37. The predicted octanol–water partition coefficient (Wildman–Crippen LogP) is 3.55. The van der Waals surface area contributed by atoms with E-state index in [4.69, 9.17) is 16.3 Å². The van der Waals surface area contributed by atoms with Crippen LogP contribution in [0, 0.1) is 6.92 Å². The van der Waals surface area contributed by atoms with Gasteiger partial charge in [0.15, 0.2) is 0 Å². The number of methoxy groups -OCH3 is 1. The Morgan fingerprint density at radius 3 is 2.67 bits per heavy atom. The number of halogens is 2. The first-order chi connectivity index (χ1) is 5.69. The predicted molar refractivity (Wildman–Crippen MR) is 55.4 cm³/mol. The fourth-order valence-corrected chi connectivity index (χ4v) is 1.61. The van der Waals surface area contributed by atoms with Gasteiger partial charge in [0.25, 0.3) is 0 Å². The summed E-state index contributed by atoms with van der Waals surface area (Å²) in [5.74, 6) is 0.836. The molecule has 12 heavy (non-hydrogen) atoms. The Morgan fingerprint density at radius 1 is 1.50 bits per heavy atom. The number of ether oxygens (including phenoxy) is 1. The molecule has 3 heteroatoms. The van der Waals surface area contributed by atoms with Gasteiger partial charge in [-0.15, -0.1) is 0 Å². The van der Waals surface area contributed by atoms with Gasteiger partial charge in [0.05, 0.1) is 7.11 Å². The molecule has 1 aromatic rings. The van der Waals surface area contributed by atoms with E-state index in [-0.39, 0.29) is 0 Å². The molecule has 66 valence electrons. The molecule has 0 amide bonds. The van der Waals surface area contributed by atoms with Gasteiger partial charge in [0, 0.05) is 15.9 Å². The Hall–Kier alpha value is -0.210. The highest BCUT2D eigenvalue weighted by atomic mass is 79.9. The van der Waals surface area contributed by atoms with Crippen molar-refractivity contribution in [2.75, 3.05) is 7.11 Å². The van der Waals surface area contributed by atoms with Crippen molar-refractivity contribution >= 4 is 27.5 Å². The molecule has 1 rings (SSSR count). The quantitative estimate of drug-likeness (QED) is 0.728. The second-order valence-corrected chi connectivity index (χ2v) is 3.51. The molecule has 0 N–H and O–H groups in total. The van der Waals surface area contributed by atoms with Crippen molar-refractivity contribution in [3.05, 3.63) is 28.3 Å². The first kappa shape index (κ1) is 9.87. The highest BCUT2D eigenvalue weighted by molar-refractivity contribution is 9.08. The van der Waals surface area contributed by atoms with Crippen molar-refractivity contribution in [1.82, 2.24) is 0 Å². The van der Waals surface area contributed by atoms with E-state index < -0.39 is 0 Å². The normalized spacial score (nSPS) is 10.0. The summed E-state index contributed by atoms with van der Waals surface area (Å²) in [6, 6.07) is 3.86. The van der Waals surface area contributed by atoms with Crippen molar-refractivity contribution in [2.45, 2.75) is 12.3 Å². The highest BCUT2D eigenvalue weighted by Gasteiger charge is 2.04. The molecule has 0 fully saturated rings. The lowest BCUT2D eigenvalue weighted by Gasteiger charge is -2.08. The van der Waals surface area contributed by atoms with Crippen LogP contribution in [0.15, 0.2) is 12.1 Å². The highest BCUT2D eigenvalue weighted by Crippen LogP contribution is 2.27. The van der Waals surface area contributed by atoms with E-state index in [1.807, 2.05) is 19.1 Å². The third kappa shape index (κ3) is 1.93. The van der Waals surface area contributed by atoms with Gasteiger partial charge in [-0.3, -0.25) is 0 Å². The van der Waals surface area contributed by atoms with E-state index in [0.717, 1.165) is 27.2 Å². The maximum atomic E-state index is 5.93. The molecule has 0 aliphatic heterocycles. The fourth-order valence-electron chi connectivity index (χ4n) is 1.02. The standard InChI is InChI=1S/C9H10BrClO/c1-6-3-7(5-10)9(12-2)4-8(6)11/h3-4H,5H2,1-2H3. The van der Waals surface area contributed by atoms with Crippen LogP contribution in [-0.2, 0) is 5.33 Å². The van der Waals surface area contributed by atoms with E-state index in [1.165, 1.54) is 0 Å². The average Bonchev–Trinajstić information content (AvgIpc) is 2.09. The topological polar surface area (TPSA) is 9.23 Å². The smallest absolute Gasteiger partial charge is 0.124 e. The SMILES string of the molecule is COc1cc(Cl)c(C)cc1CBr. The zero-order valence-electron chi connectivity index (χ0n) is 7.03. The van der Waals surface area contributed by atoms with Crippen LogP contribution in [-0.4, -0.2) is 7.11 Å². The zero-order chi connectivity index (χ0) is 9.14. The molecule has 0 aromatic heterocycles. The van der Waals surface area contributed by atoms with Gasteiger partial charge in [-0.05, 0) is 18.6 Å². The lowest BCUT2D eigenvalue weighted by Crippen LogP contribution is -1.90. The maximum Gasteiger partial charge on any atom is 0.124 e. The first-order valence-electron chi connectivity index (χ1n) is 3.58. The monoisotopic (exact) mass is 248 g/mol. The average molecular weight is 250 g/mol. The molecular weight excluding hydrogens is 239 g/mol. The summed E-state index contributed by atoms with van der Waals surface area (Å²) in [4.78, 5) is 0. The van der Waals surface area contributed by atoms with Gasteiger partial charge in [-0.25, -0.2) is 0 Å². The summed E-state index contributed by atoms with van der Waals surface area (Å²) >= 11 is 9.31. The Kier molecular flexibility index (Phi) is 3.41. The van der Waals surface area contributed by atoms with Crippen LogP contribution in [0.2, 0.25) is 5.02 Å². The van der Waals surface area contributed by atoms with Crippen LogP contribution in [0.5, 0.6) is 5.75 Å². The van der Waals surface area contributed by atoms with Gasteiger partial charge in [-0.1, -0.05) is 33.6 Å². The molecule has 0 saturated heterocycles. The molecule has 0 atom stereocenters. The van der Waals surface area contributed by atoms with E-state index >= 15 is 0 Å². The van der Waals surface area contributed by atoms with Crippen LogP contribution in [0.1, 0.15) is 11.1 Å². The second kappa shape index (κ2) is 4.15. The van der Waals surface area contributed by atoms with Gasteiger partial charge in [0.2, 0.25) is 0 Å². The minimum absolute atomic E-state index is 0.747. The van der Waals surface area contributed by atoms with Crippen LogP contribution in [0.4, 0.5) is 0 Å². The van der Waals surface area contributed by atoms with Crippen molar-refractivity contribution in [1.29, 1.82) is 0 Å². The van der Waals surface area contributed by atoms with E-state index in [0.29, 0.717) is 0 Å². The minimum atomic E-state index is 0.747. The van der Waals surface area contributed by atoms with Gasteiger partial charge < -0.3 is 4.74 Å². The first-order valence-corrected chi connectivity index (χ1v) is 5.08. The third-order valence-corrected chi connectivity index (χ3v) is 2.72. The molecule has 0 aliphatic carbocycles. The summed E-state index contributed by atoms with van der Waals surface area (Å²) in [5.41, 5.74) is 2.20. The number of hydrogen-bond donors (Lipinski definition) is 0. The lowest BCUT2D eigenvalue weighted by molar-refractivity contribution is 0.411. The van der Waals surface area contributed by atoms with Crippen LogP contribution < -0.4 is 4.74 Å². The van der Waals surface area contributed by atoms with Crippen molar-refractivity contribution in [2.24, 2.45) is 0 Å². The molecule has 0 spiro atoms. The number of hydrogen-bond acceptors (Lipinski definition) is 1. The summed E-state index contributed by atoms with van der Waals surface area (Å²) in [7, 11) is 1.65. The maximum absolute atomic E-state index is 5.93. The van der Waals surface area contributed by atoms with Crippen molar-refractivity contribution in [3.63, 3.8) is 0 Å². The Balaban J connectivity index is 3.19. The molecule has 0 aliphatic rings. The summed E-state index contributed by atoms with van der Waals surface area (Å²) in [5, 5.41) is 1.53. The number of benzene rings is 1. The molecule has 0 radical (unpaired) electrons. The van der Waals surface area contributed by atoms with Crippen LogP contribution >= 0.6 is 27.5 Å². The molecule has 1 aromatic carbocycles. The molecule has 0 saturated carbocycles. The van der Waals surface area contributed by atoms with Gasteiger partial charge in [0.1, 0.15) is 5.75 Å². The second-order valence-electron chi connectivity index (χ2n) is 2.55. The molecule has 1 nitrogen and oxygen atoms in total. The van der Waals surface area contributed by atoms with Crippen molar-refractivity contribution in [3.8, 4) is 5.75 Å². The summed E-state index contributed by atoms with van der Waals surface area (Å²) < 4.78 is 5.16. The van der Waals surface area contributed by atoms with Crippen LogP contribution in [0.3, 0.4) is 0 Å².